The quantitative estimate of drug-likeness (QED) is 0.582. The molecule has 0 spiro atoms. The Morgan fingerprint density at radius 2 is 1.46 bits per heavy atom. The number of carbonyl (C=O) groups excluding carboxylic acids is 3. The van der Waals surface area contributed by atoms with Gasteiger partial charge in [0.1, 0.15) is 5.60 Å². The summed E-state index contributed by atoms with van der Waals surface area (Å²) < 4.78 is 5.47. The normalized spacial score (nSPS) is 17.1. The average Bonchev–Trinajstić information content (AvgIpc) is 2.93. The fraction of sp³-hybridized carbons (Fsp3) is 0.516. The highest BCUT2D eigenvalue weighted by Gasteiger charge is 2.33. The van der Waals surface area contributed by atoms with Gasteiger partial charge in [-0.25, -0.2) is 4.79 Å². The van der Waals surface area contributed by atoms with Crippen molar-refractivity contribution in [2.24, 2.45) is 5.92 Å². The van der Waals surface area contributed by atoms with Crippen molar-refractivity contribution in [3.63, 3.8) is 0 Å². The van der Waals surface area contributed by atoms with Gasteiger partial charge < -0.3 is 19.9 Å². The van der Waals surface area contributed by atoms with E-state index in [1.807, 2.05) is 68.1 Å². The topological polar surface area (TPSA) is 82.2 Å². The molecule has 2 heterocycles. The molecule has 0 aromatic heterocycles. The number of carbonyl (C=O) groups is 3. The molecule has 4 rings (SSSR count). The zero-order valence-electron chi connectivity index (χ0n) is 23.5. The second-order valence-electron chi connectivity index (χ2n) is 11.5. The Balaban J connectivity index is 1.16. The average molecular weight is 535 g/mol. The number of piperidine rings is 1. The number of hydrogen-bond donors (Lipinski definition) is 1. The van der Waals surface area contributed by atoms with Gasteiger partial charge in [0.05, 0.1) is 0 Å². The first-order valence-corrected chi connectivity index (χ1v) is 14.1. The summed E-state index contributed by atoms with van der Waals surface area (Å²) >= 11 is 0. The van der Waals surface area contributed by atoms with Gasteiger partial charge in [0.2, 0.25) is 5.91 Å². The van der Waals surface area contributed by atoms with E-state index in [0.29, 0.717) is 51.1 Å². The standard InChI is InChI=1S/C31H42N4O4/c1-31(2,3)39-30(38)35-17-14-27(15-18-35)29(37)34-21-19-33(20-22-34)23-25-9-11-26(12-10-25)28(36)32-16-13-24-7-5-4-6-8-24/h4-12,27H,13-23H2,1-3H3,(H,32,36). The van der Waals surface area contributed by atoms with Crippen LogP contribution in [0.5, 0.6) is 0 Å². The lowest BCUT2D eigenvalue weighted by Crippen LogP contribution is -2.51. The fourth-order valence-electron chi connectivity index (χ4n) is 5.11. The van der Waals surface area contributed by atoms with Gasteiger partial charge in [-0.3, -0.25) is 14.5 Å². The first-order valence-electron chi connectivity index (χ1n) is 14.1. The monoisotopic (exact) mass is 534 g/mol. The summed E-state index contributed by atoms with van der Waals surface area (Å²) in [6, 6.07) is 17.9. The molecular formula is C31H42N4O4. The maximum atomic E-state index is 13.1. The molecule has 0 saturated carbocycles. The van der Waals surface area contributed by atoms with E-state index >= 15 is 0 Å². The van der Waals surface area contributed by atoms with E-state index in [-0.39, 0.29) is 23.8 Å². The SMILES string of the molecule is CC(C)(C)OC(=O)N1CCC(C(=O)N2CCN(Cc3ccc(C(=O)NCCc4ccccc4)cc3)CC2)CC1. The molecule has 2 aromatic carbocycles. The molecule has 0 bridgehead atoms. The van der Waals surface area contributed by atoms with E-state index in [0.717, 1.165) is 31.6 Å². The van der Waals surface area contributed by atoms with Crippen molar-refractivity contribution in [2.45, 2.75) is 52.2 Å². The van der Waals surface area contributed by atoms with Crippen LogP contribution in [0.4, 0.5) is 4.79 Å². The Kier molecular flexibility index (Phi) is 9.62. The van der Waals surface area contributed by atoms with Crippen LogP contribution in [0.3, 0.4) is 0 Å². The lowest BCUT2D eigenvalue weighted by atomic mass is 9.95. The van der Waals surface area contributed by atoms with Crippen LogP contribution in [0, 0.1) is 5.92 Å². The van der Waals surface area contributed by atoms with Gasteiger partial charge in [0, 0.05) is 63.8 Å². The van der Waals surface area contributed by atoms with Crippen molar-refractivity contribution >= 4 is 17.9 Å². The van der Waals surface area contributed by atoms with Crippen molar-refractivity contribution in [3.8, 4) is 0 Å². The number of piperazine rings is 1. The molecular weight excluding hydrogens is 492 g/mol. The van der Waals surface area contributed by atoms with Gasteiger partial charge in [-0.1, -0.05) is 42.5 Å². The van der Waals surface area contributed by atoms with Crippen molar-refractivity contribution in [3.05, 3.63) is 71.3 Å². The Morgan fingerprint density at radius 3 is 2.08 bits per heavy atom. The predicted octanol–water partition coefficient (Wildman–Crippen LogP) is 3.95. The zero-order valence-corrected chi connectivity index (χ0v) is 23.5. The van der Waals surface area contributed by atoms with Gasteiger partial charge >= 0.3 is 6.09 Å². The van der Waals surface area contributed by atoms with Gasteiger partial charge in [0.25, 0.3) is 5.91 Å². The Bertz CT molecular complexity index is 1100. The third-order valence-electron chi connectivity index (χ3n) is 7.34. The molecule has 8 heteroatoms. The number of rotatable bonds is 7. The predicted molar refractivity (Wildman–Crippen MR) is 151 cm³/mol. The molecule has 2 aliphatic rings. The number of ether oxygens (including phenoxy) is 1. The van der Waals surface area contributed by atoms with Gasteiger partial charge in [-0.2, -0.15) is 0 Å². The first kappa shape index (κ1) is 28.6. The molecule has 0 aliphatic carbocycles. The minimum Gasteiger partial charge on any atom is -0.444 e. The number of benzene rings is 2. The molecule has 2 aliphatic heterocycles. The second-order valence-corrected chi connectivity index (χ2v) is 11.5. The summed E-state index contributed by atoms with van der Waals surface area (Å²) in [4.78, 5) is 44.0. The third kappa shape index (κ3) is 8.55. The molecule has 1 N–H and O–H groups in total. The van der Waals surface area contributed by atoms with E-state index in [4.69, 9.17) is 4.74 Å². The molecule has 2 fully saturated rings. The number of nitrogens with zero attached hydrogens (tertiary/aromatic N) is 3. The molecule has 39 heavy (non-hydrogen) atoms. The maximum Gasteiger partial charge on any atom is 0.410 e. The molecule has 0 atom stereocenters. The largest absolute Gasteiger partial charge is 0.444 e. The van der Waals surface area contributed by atoms with Crippen LogP contribution in [-0.4, -0.2) is 84.0 Å². The summed E-state index contributed by atoms with van der Waals surface area (Å²) in [7, 11) is 0. The lowest BCUT2D eigenvalue weighted by Gasteiger charge is -2.38. The van der Waals surface area contributed by atoms with Crippen LogP contribution in [0.25, 0.3) is 0 Å². The van der Waals surface area contributed by atoms with Crippen LogP contribution in [0.1, 0.15) is 55.1 Å². The number of nitrogens with one attached hydrogen (secondary N) is 1. The molecule has 0 unspecified atom stereocenters. The Hall–Kier alpha value is -3.39. The highest BCUT2D eigenvalue weighted by molar-refractivity contribution is 5.94. The van der Waals surface area contributed by atoms with Crippen LogP contribution in [-0.2, 0) is 22.5 Å². The van der Waals surface area contributed by atoms with Crippen LogP contribution in [0.15, 0.2) is 54.6 Å². The summed E-state index contributed by atoms with van der Waals surface area (Å²) in [5.74, 6) is 0.129. The molecule has 2 aromatic rings. The number of hydrogen-bond acceptors (Lipinski definition) is 5. The van der Waals surface area contributed by atoms with Crippen LogP contribution >= 0.6 is 0 Å². The minimum absolute atomic E-state index is 0.0263. The Labute approximate surface area is 232 Å². The molecule has 8 nitrogen and oxygen atoms in total. The van der Waals surface area contributed by atoms with Gasteiger partial charge in [-0.15, -0.1) is 0 Å². The second kappa shape index (κ2) is 13.1. The lowest BCUT2D eigenvalue weighted by molar-refractivity contribution is -0.139. The van der Waals surface area contributed by atoms with E-state index in [1.165, 1.54) is 5.56 Å². The first-order chi connectivity index (χ1) is 18.7. The maximum absolute atomic E-state index is 13.1. The van der Waals surface area contributed by atoms with Crippen molar-refractivity contribution in [1.82, 2.24) is 20.0 Å². The summed E-state index contributed by atoms with van der Waals surface area (Å²) in [5, 5.41) is 3.00. The van der Waals surface area contributed by atoms with E-state index < -0.39 is 5.60 Å². The minimum atomic E-state index is -0.511. The van der Waals surface area contributed by atoms with Crippen LogP contribution in [0.2, 0.25) is 0 Å². The summed E-state index contributed by atoms with van der Waals surface area (Å²) in [6.45, 7) is 11.2. The summed E-state index contributed by atoms with van der Waals surface area (Å²) in [5.41, 5.74) is 2.52. The number of likely N-dealkylation sites (tertiary alicyclic amines) is 1. The molecule has 2 saturated heterocycles. The van der Waals surface area contributed by atoms with Crippen LogP contribution < -0.4 is 5.32 Å². The molecule has 0 radical (unpaired) electrons. The van der Waals surface area contributed by atoms with Gasteiger partial charge in [-0.05, 0) is 63.3 Å². The van der Waals surface area contributed by atoms with E-state index in [2.05, 4.69) is 22.3 Å². The van der Waals surface area contributed by atoms with Crippen molar-refractivity contribution < 1.29 is 19.1 Å². The molecule has 210 valence electrons. The van der Waals surface area contributed by atoms with Crippen molar-refractivity contribution in [1.29, 1.82) is 0 Å². The fourth-order valence-corrected chi connectivity index (χ4v) is 5.11. The zero-order chi connectivity index (χ0) is 27.8. The highest BCUT2D eigenvalue weighted by atomic mass is 16.6. The third-order valence-corrected chi connectivity index (χ3v) is 7.34. The highest BCUT2D eigenvalue weighted by Crippen LogP contribution is 2.22. The van der Waals surface area contributed by atoms with E-state index in [1.54, 1.807) is 4.90 Å². The van der Waals surface area contributed by atoms with Gasteiger partial charge in [0.15, 0.2) is 0 Å². The Morgan fingerprint density at radius 1 is 0.821 bits per heavy atom. The number of amides is 3. The molecule has 3 amide bonds. The van der Waals surface area contributed by atoms with E-state index in [9.17, 15) is 14.4 Å². The smallest absolute Gasteiger partial charge is 0.410 e. The van der Waals surface area contributed by atoms with Crippen molar-refractivity contribution in [2.75, 3.05) is 45.8 Å². The summed E-state index contributed by atoms with van der Waals surface area (Å²) in [6.07, 6.45) is 1.89.